The summed E-state index contributed by atoms with van der Waals surface area (Å²) >= 11 is 5.46. The van der Waals surface area contributed by atoms with Crippen LogP contribution in [0.2, 0.25) is 5.02 Å². The topological polar surface area (TPSA) is 60.7 Å². The summed E-state index contributed by atoms with van der Waals surface area (Å²) in [5, 5.41) is 23.2. The summed E-state index contributed by atoms with van der Waals surface area (Å²) < 4.78 is 0. The van der Waals surface area contributed by atoms with Crippen LogP contribution in [-0.2, 0) is 0 Å². The zero-order valence-corrected chi connectivity index (χ0v) is 6.36. The Morgan fingerprint density at radius 3 is 1.91 bits per heavy atom. The van der Waals surface area contributed by atoms with E-state index >= 15 is 0 Å². The maximum atomic E-state index is 8.79. The van der Waals surface area contributed by atoms with Gasteiger partial charge in [0.05, 0.1) is 5.02 Å². The molecule has 0 amide bonds. The molecule has 0 unspecified atom stereocenters. The Hall–Kier alpha value is -0.705. The van der Waals surface area contributed by atoms with Crippen molar-refractivity contribution < 1.29 is 15.2 Å². The summed E-state index contributed by atoms with van der Waals surface area (Å²) in [6.45, 7) is 0. The fraction of sp³-hybridized carbons (Fsp3) is 0. The van der Waals surface area contributed by atoms with E-state index in [1.807, 2.05) is 0 Å². The van der Waals surface area contributed by atoms with Gasteiger partial charge in [-0.1, -0.05) is 23.7 Å². The molecule has 0 fully saturated rings. The van der Waals surface area contributed by atoms with Gasteiger partial charge in [-0.15, -0.1) is 0 Å². The van der Waals surface area contributed by atoms with Gasteiger partial charge in [-0.25, -0.2) is 0 Å². The molecular formula is C6H7BClO3. The van der Waals surface area contributed by atoms with Gasteiger partial charge in [0.2, 0.25) is 0 Å². The Kier molecular flexibility index (Phi) is 5.65. The first-order chi connectivity index (χ1) is 5.22. The monoisotopic (exact) mass is 173 g/mol. The van der Waals surface area contributed by atoms with Gasteiger partial charge in [0.25, 0.3) is 0 Å². The molecule has 3 N–H and O–H groups in total. The summed E-state index contributed by atoms with van der Waals surface area (Å²) in [6.07, 6.45) is 0. The van der Waals surface area contributed by atoms with Crippen LogP contribution in [0.4, 0.5) is 0 Å². The molecular weight excluding hydrogens is 166 g/mol. The number of aromatic hydroxyl groups is 1. The molecule has 1 aromatic rings. The van der Waals surface area contributed by atoms with E-state index in [0.717, 1.165) is 0 Å². The van der Waals surface area contributed by atoms with Crippen molar-refractivity contribution in [2.75, 3.05) is 0 Å². The molecule has 0 bridgehead atoms. The lowest BCUT2D eigenvalue weighted by molar-refractivity contribution is 0.448. The Bertz CT molecular complexity index is 186. The molecule has 1 rings (SSSR count). The van der Waals surface area contributed by atoms with E-state index in [4.69, 9.17) is 26.8 Å². The smallest absolute Gasteiger partial charge is 0.482 e. The maximum Gasteiger partial charge on any atom is 0.482 e. The fourth-order valence-corrected chi connectivity index (χ4v) is 0.587. The number of hydrogen-bond donors (Lipinski definition) is 3. The second-order valence-electron chi connectivity index (χ2n) is 1.57. The third-order valence-electron chi connectivity index (χ3n) is 0.852. The molecule has 0 saturated heterocycles. The highest BCUT2D eigenvalue weighted by atomic mass is 35.5. The van der Waals surface area contributed by atoms with Gasteiger partial charge in [-0.05, 0) is 12.1 Å². The summed E-state index contributed by atoms with van der Waals surface area (Å²) in [4.78, 5) is 0. The largest absolute Gasteiger partial charge is 0.506 e. The summed E-state index contributed by atoms with van der Waals surface area (Å²) in [6, 6.07) is 6.67. The van der Waals surface area contributed by atoms with Crippen LogP contribution in [0.15, 0.2) is 24.3 Å². The Morgan fingerprint density at radius 2 is 1.64 bits per heavy atom. The minimum absolute atomic E-state index is 0. The summed E-state index contributed by atoms with van der Waals surface area (Å²) in [5.41, 5.74) is 0. The van der Waals surface area contributed by atoms with Gasteiger partial charge in [0, 0.05) is 0 Å². The molecule has 3 nitrogen and oxygen atoms in total. The minimum Gasteiger partial charge on any atom is -0.506 e. The van der Waals surface area contributed by atoms with Crippen molar-refractivity contribution in [2.45, 2.75) is 0 Å². The maximum absolute atomic E-state index is 8.79. The average molecular weight is 173 g/mol. The number of rotatable bonds is 0. The summed E-state index contributed by atoms with van der Waals surface area (Å²) in [7, 11) is 0. The molecule has 0 aliphatic heterocycles. The van der Waals surface area contributed by atoms with E-state index in [1.54, 1.807) is 24.3 Å². The molecule has 1 aromatic carbocycles. The standard InChI is InChI=1S/C6H5ClO.BH2O2/c7-5-3-1-2-4-6(5)8;2-1-3/h1-4,8H;2-3H. The first-order valence-corrected chi connectivity index (χ1v) is 3.13. The average Bonchev–Trinajstić information content (AvgIpc) is 1.97. The number of phenolic OH excluding ortho intramolecular Hbond substituents is 1. The fourth-order valence-electron chi connectivity index (χ4n) is 0.452. The number of phenols is 1. The van der Waals surface area contributed by atoms with Crippen molar-refractivity contribution >= 4 is 19.3 Å². The van der Waals surface area contributed by atoms with Gasteiger partial charge in [-0.3, -0.25) is 0 Å². The van der Waals surface area contributed by atoms with Gasteiger partial charge >= 0.3 is 7.69 Å². The third-order valence-corrected chi connectivity index (χ3v) is 1.17. The van der Waals surface area contributed by atoms with E-state index in [9.17, 15) is 0 Å². The van der Waals surface area contributed by atoms with Crippen molar-refractivity contribution in [1.29, 1.82) is 0 Å². The first-order valence-electron chi connectivity index (χ1n) is 2.76. The van der Waals surface area contributed by atoms with Crippen molar-refractivity contribution in [2.24, 2.45) is 0 Å². The van der Waals surface area contributed by atoms with E-state index in [2.05, 4.69) is 0 Å². The third kappa shape index (κ3) is 4.67. The second-order valence-corrected chi connectivity index (χ2v) is 1.97. The van der Waals surface area contributed by atoms with Crippen molar-refractivity contribution in [3.05, 3.63) is 29.3 Å². The van der Waals surface area contributed by atoms with E-state index in [0.29, 0.717) is 5.02 Å². The first kappa shape index (κ1) is 10.3. The van der Waals surface area contributed by atoms with Crippen LogP contribution in [0.3, 0.4) is 0 Å². The molecule has 5 heteroatoms. The zero-order valence-electron chi connectivity index (χ0n) is 5.61. The van der Waals surface area contributed by atoms with Gasteiger partial charge in [0.15, 0.2) is 0 Å². The molecule has 0 heterocycles. The highest BCUT2D eigenvalue weighted by Crippen LogP contribution is 2.20. The van der Waals surface area contributed by atoms with E-state index in [1.165, 1.54) is 0 Å². The van der Waals surface area contributed by atoms with Gasteiger partial charge in [-0.2, -0.15) is 0 Å². The van der Waals surface area contributed by atoms with Crippen molar-refractivity contribution in [3.63, 3.8) is 0 Å². The van der Waals surface area contributed by atoms with Crippen LogP contribution in [-0.4, -0.2) is 22.8 Å². The minimum atomic E-state index is 0. The quantitative estimate of drug-likeness (QED) is 0.502. The van der Waals surface area contributed by atoms with Crippen molar-refractivity contribution in [1.82, 2.24) is 0 Å². The van der Waals surface area contributed by atoms with Crippen LogP contribution in [0.25, 0.3) is 0 Å². The normalized spacial score (nSPS) is 7.91. The predicted molar refractivity (Wildman–Crippen MR) is 43.3 cm³/mol. The highest BCUT2D eigenvalue weighted by Gasteiger charge is 1.89. The lowest BCUT2D eigenvalue weighted by Gasteiger charge is -1.89. The molecule has 11 heavy (non-hydrogen) atoms. The second kappa shape index (κ2) is 6.03. The van der Waals surface area contributed by atoms with Crippen LogP contribution >= 0.6 is 11.6 Å². The van der Waals surface area contributed by atoms with E-state index in [-0.39, 0.29) is 13.4 Å². The molecule has 0 atom stereocenters. The molecule has 0 aliphatic rings. The molecule has 0 aromatic heterocycles. The SMILES string of the molecule is O[B]O.Oc1ccccc1Cl. The number of para-hydroxylation sites is 1. The van der Waals surface area contributed by atoms with E-state index < -0.39 is 0 Å². The Morgan fingerprint density at radius 1 is 1.18 bits per heavy atom. The Labute approximate surface area is 70.2 Å². The summed E-state index contributed by atoms with van der Waals surface area (Å²) in [5.74, 6) is 0.133. The lowest BCUT2D eigenvalue weighted by atomic mass is 10.3. The van der Waals surface area contributed by atoms with Crippen LogP contribution in [0.5, 0.6) is 5.75 Å². The predicted octanol–water partition coefficient (Wildman–Crippen LogP) is 0.551. The zero-order chi connectivity index (χ0) is 8.69. The number of benzene rings is 1. The van der Waals surface area contributed by atoms with Crippen LogP contribution < -0.4 is 0 Å². The molecule has 0 saturated carbocycles. The van der Waals surface area contributed by atoms with Gasteiger partial charge in [0.1, 0.15) is 5.75 Å². The number of halogens is 1. The molecule has 0 spiro atoms. The van der Waals surface area contributed by atoms with Crippen molar-refractivity contribution in [3.8, 4) is 5.75 Å². The molecule has 0 aliphatic carbocycles. The highest BCUT2D eigenvalue weighted by molar-refractivity contribution is 6.31. The van der Waals surface area contributed by atoms with Gasteiger partial charge < -0.3 is 15.2 Å². The Balaban J connectivity index is 0.000000292. The molecule has 59 valence electrons. The van der Waals surface area contributed by atoms with Crippen LogP contribution in [0, 0.1) is 0 Å². The lowest BCUT2D eigenvalue weighted by Crippen LogP contribution is -1.75. The number of hydrogen-bond acceptors (Lipinski definition) is 3. The van der Waals surface area contributed by atoms with Crippen LogP contribution in [0.1, 0.15) is 0 Å². The molecule has 1 radical (unpaired) electrons.